The fraction of sp³-hybridized carbons (Fsp3) is 0.190. The van der Waals surface area contributed by atoms with Crippen LogP contribution in [0.2, 0.25) is 0 Å². The van der Waals surface area contributed by atoms with Gasteiger partial charge >= 0.3 is 53.9 Å². The van der Waals surface area contributed by atoms with Crippen LogP contribution in [0.25, 0.3) is 0 Å². The van der Waals surface area contributed by atoms with Gasteiger partial charge in [0.25, 0.3) is 0 Å². The summed E-state index contributed by atoms with van der Waals surface area (Å²) in [6.07, 6.45) is -0.931. The zero-order valence-corrected chi connectivity index (χ0v) is 54.5. The van der Waals surface area contributed by atoms with Crippen LogP contribution in [0.15, 0.2) is 255 Å². The van der Waals surface area contributed by atoms with Crippen molar-refractivity contribution in [1.29, 1.82) is 0 Å². The van der Waals surface area contributed by atoms with Crippen molar-refractivity contribution in [3.63, 3.8) is 0 Å². The summed E-state index contributed by atoms with van der Waals surface area (Å²) in [5, 5.41) is 0. The molecular formula is C63H81B2O12P4Rh. The van der Waals surface area contributed by atoms with Gasteiger partial charge in [-0.15, -0.1) is 6.58 Å². The molecule has 19 heteroatoms. The molecule has 8 rings (SSSR count). The van der Waals surface area contributed by atoms with Crippen LogP contribution in [0.5, 0.6) is 0 Å². The Bertz CT molecular complexity index is 2140. The van der Waals surface area contributed by atoms with Gasteiger partial charge < -0.3 is 54.3 Å². The maximum Gasteiger partial charge on any atom is 2.00 e. The molecule has 0 aliphatic heterocycles. The molecule has 12 nitrogen and oxygen atoms in total. The summed E-state index contributed by atoms with van der Waals surface area (Å²) >= 11 is 0. The molecule has 0 aliphatic carbocycles. The van der Waals surface area contributed by atoms with E-state index in [0.717, 1.165) is 0 Å². The van der Waals surface area contributed by atoms with Gasteiger partial charge in [0.15, 0.2) is 0 Å². The second kappa shape index (κ2) is 46.8. The maximum absolute atomic E-state index is 4.67. The predicted molar refractivity (Wildman–Crippen MR) is 347 cm³/mol. The van der Waals surface area contributed by atoms with Crippen LogP contribution in [-0.2, 0) is 73.8 Å². The van der Waals surface area contributed by atoms with Crippen molar-refractivity contribution in [3.05, 3.63) is 262 Å². The van der Waals surface area contributed by atoms with Crippen LogP contribution in [0.3, 0.4) is 0 Å². The van der Waals surface area contributed by atoms with Gasteiger partial charge in [0.05, 0.1) is 0 Å². The first-order valence-corrected chi connectivity index (χ1v) is 29.9. The van der Waals surface area contributed by atoms with Gasteiger partial charge in [-0.25, -0.2) is 0 Å². The van der Waals surface area contributed by atoms with E-state index in [4.69, 9.17) is 0 Å². The smallest absolute Gasteiger partial charge is 0.316 e. The molecule has 8 aromatic carbocycles. The molecule has 0 aromatic heterocycles. The minimum atomic E-state index is -1.22. The zero-order valence-electron chi connectivity index (χ0n) is 49.3. The molecule has 0 N–H and O–H groups in total. The summed E-state index contributed by atoms with van der Waals surface area (Å²) in [7, 11) is 14.3. The third-order valence-electron chi connectivity index (χ3n) is 12.2. The molecule has 0 spiro atoms. The Kier molecular flexibility index (Phi) is 43.1. The van der Waals surface area contributed by atoms with E-state index in [1.807, 2.05) is 0 Å². The SMILES string of the molecule is COP(OC)OC.COP(OC)OC.COP(OC)OC.COP(OC)OC.[CH2]C=C.[Rh+2].c1ccc([B-](c2ccccc2)(c2ccccc2)c2ccccc2)cc1.c1ccc([B-](c2ccccc2)(c2ccccc2)c2ccccc2)cc1. The third kappa shape index (κ3) is 24.2. The average molecular weight is 1280 g/mol. The largest absolute Gasteiger partial charge is 2.00 e. The first kappa shape index (κ1) is 75.5. The molecule has 0 fully saturated rings. The molecular weight excluding hydrogens is 1200 g/mol. The summed E-state index contributed by atoms with van der Waals surface area (Å²) in [6, 6.07) is 87.1. The Morgan fingerprint density at radius 2 is 0.317 bits per heavy atom. The van der Waals surface area contributed by atoms with Crippen LogP contribution >= 0.6 is 34.4 Å². The molecule has 0 heterocycles. The summed E-state index contributed by atoms with van der Waals surface area (Å²) in [5.74, 6) is 0. The molecule has 0 atom stereocenters. The van der Waals surface area contributed by atoms with Crippen LogP contribution < -0.4 is 43.7 Å². The van der Waals surface area contributed by atoms with Crippen molar-refractivity contribution in [2.24, 2.45) is 0 Å². The maximum atomic E-state index is 4.67. The van der Waals surface area contributed by atoms with Gasteiger partial charge in [-0.05, 0) is 6.92 Å². The number of rotatable bonds is 20. The number of hydrogen-bond acceptors (Lipinski definition) is 12. The number of hydrogen-bond donors (Lipinski definition) is 0. The Morgan fingerprint density at radius 3 is 0.378 bits per heavy atom. The molecule has 0 saturated carbocycles. The Balaban J connectivity index is 0.000000544. The van der Waals surface area contributed by atoms with E-state index in [1.165, 1.54) is 49.8 Å². The summed E-state index contributed by atoms with van der Waals surface area (Å²) in [6.45, 7) is 6.50. The van der Waals surface area contributed by atoms with E-state index in [1.54, 1.807) is 85.3 Å². The minimum Gasteiger partial charge on any atom is -0.316 e. The van der Waals surface area contributed by atoms with Gasteiger partial charge in [0.2, 0.25) is 0 Å². The Hall–Kier alpha value is -4.51. The molecule has 0 unspecified atom stereocenters. The van der Waals surface area contributed by atoms with Gasteiger partial charge in [-0.2, -0.15) is 43.7 Å². The van der Waals surface area contributed by atoms with E-state index in [2.05, 4.69) is 310 Å². The fourth-order valence-corrected chi connectivity index (χ4v) is 10.9. The normalized spacial score (nSPS) is 10.5. The molecule has 0 saturated heterocycles. The van der Waals surface area contributed by atoms with Crippen molar-refractivity contribution in [1.82, 2.24) is 0 Å². The topological polar surface area (TPSA) is 111 Å². The molecule has 2 radical (unpaired) electrons. The van der Waals surface area contributed by atoms with Crippen molar-refractivity contribution < 1.29 is 73.8 Å². The van der Waals surface area contributed by atoms with Crippen molar-refractivity contribution >= 4 is 90.4 Å². The van der Waals surface area contributed by atoms with Crippen molar-refractivity contribution in [2.45, 2.75) is 0 Å². The van der Waals surface area contributed by atoms with Crippen molar-refractivity contribution in [3.8, 4) is 0 Å². The second-order valence-corrected chi connectivity index (χ2v) is 22.6. The minimum absolute atomic E-state index is 0. The quantitative estimate of drug-likeness (QED) is 0.0535. The van der Waals surface area contributed by atoms with E-state index >= 15 is 0 Å². The zero-order chi connectivity index (χ0) is 59.4. The van der Waals surface area contributed by atoms with Gasteiger partial charge in [-0.3, -0.25) is 0 Å². The molecule has 440 valence electrons. The van der Waals surface area contributed by atoms with Crippen LogP contribution in [0.4, 0.5) is 0 Å². The van der Waals surface area contributed by atoms with E-state index in [9.17, 15) is 0 Å². The monoisotopic (exact) mass is 1280 g/mol. The Morgan fingerprint density at radius 1 is 0.232 bits per heavy atom. The molecule has 82 heavy (non-hydrogen) atoms. The third-order valence-corrected chi connectivity index (χ3v) is 15.8. The molecule has 0 bridgehead atoms. The summed E-state index contributed by atoms with van der Waals surface area (Å²) < 4.78 is 56.0. The molecule has 0 aliphatic rings. The van der Waals surface area contributed by atoms with Gasteiger partial charge in [0.1, 0.15) is 12.3 Å². The van der Waals surface area contributed by atoms with Crippen molar-refractivity contribution in [2.75, 3.05) is 85.3 Å². The summed E-state index contributed by atoms with van der Waals surface area (Å²) in [5.41, 5.74) is 10.7. The first-order valence-electron chi connectivity index (χ1n) is 25.5. The Labute approximate surface area is 508 Å². The van der Waals surface area contributed by atoms with E-state index < -0.39 is 46.7 Å². The fourth-order valence-electron chi connectivity index (χ4n) is 9.14. The number of benzene rings is 8. The van der Waals surface area contributed by atoms with Crippen LogP contribution in [0.1, 0.15) is 0 Å². The van der Waals surface area contributed by atoms with Crippen LogP contribution in [0, 0.1) is 6.92 Å². The standard InChI is InChI=1S/2C24H20B.4C3H9O3P.C3H5.Rh/c2*1-5-13-21(14-6-1)25(22-15-7-2-8-16-22,23-17-9-3-10-18-23)24-19-11-4-12-20-24;4*1-4-7(5-2)6-3;1-3-2;/h2*1-20H;4*1-3H3;3H,1-2H2;/q2*-1;;;;;;+2. The van der Waals surface area contributed by atoms with E-state index in [-0.39, 0.29) is 19.5 Å². The molecule has 8 aromatic rings. The first-order chi connectivity index (χ1) is 39.6. The van der Waals surface area contributed by atoms with Gasteiger partial charge in [0, 0.05) is 85.3 Å². The predicted octanol–water partition coefficient (Wildman–Crippen LogP) is 11.7. The number of allylic oxidation sites excluding steroid dienone is 1. The van der Waals surface area contributed by atoms with Crippen LogP contribution in [-0.4, -0.2) is 97.6 Å². The summed E-state index contributed by atoms with van der Waals surface area (Å²) in [4.78, 5) is 0. The van der Waals surface area contributed by atoms with Gasteiger partial charge in [-0.1, -0.05) is 249 Å². The average Bonchev–Trinajstić information content (AvgIpc) is 2.13. The second-order valence-electron chi connectivity index (χ2n) is 16.4. The molecule has 0 amide bonds. The van der Waals surface area contributed by atoms with E-state index in [0.29, 0.717) is 0 Å².